The van der Waals surface area contributed by atoms with Gasteiger partial charge in [-0.1, -0.05) is 31.2 Å². The van der Waals surface area contributed by atoms with Gasteiger partial charge in [-0.3, -0.25) is 9.48 Å². The van der Waals surface area contributed by atoms with E-state index in [0.29, 0.717) is 5.56 Å². The maximum Gasteiger partial charge on any atom is 0.150 e. The number of carbonyl (C=O) groups excluding carboxylic acids is 1. The summed E-state index contributed by atoms with van der Waals surface area (Å²) < 4.78 is 1.98. The maximum atomic E-state index is 10.6. The van der Waals surface area contributed by atoms with Crippen LogP contribution in [0.1, 0.15) is 23.7 Å². The molecule has 0 bridgehead atoms. The van der Waals surface area contributed by atoms with Gasteiger partial charge in [-0.05, 0) is 18.1 Å². The van der Waals surface area contributed by atoms with Crippen molar-refractivity contribution in [2.45, 2.75) is 19.9 Å². The van der Waals surface area contributed by atoms with Crippen LogP contribution in [0.4, 0.5) is 0 Å². The standard InChI is InChI=1S/C13H14N2O/c1-2-9-15-13(7-8-14-15)12-5-3-11(10-16)4-6-12/h3-8,10H,2,9H2,1H3. The third kappa shape index (κ3) is 2.03. The second-order valence-corrected chi connectivity index (χ2v) is 3.68. The monoisotopic (exact) mass is 214 g/mol. The van der Waals surface area contributed by atoms with E-state index in [1.807, 2.05) is 35.0 Å². The molecular formula is C13H14N2O. The molecule has 16 heavy (non-hydrogen) atoms. The summed E-state index contributed by atoms with van der Waals surface area (Å²) in [5.74, 6) is 0. The van der Waals surface area contributed by atoms with Crippen LogP contribution >= 0.6 is 0 Å². The number of benzene rings is 1. The number of rotatable bonds is 4. The molecule has 0 aliphatic carbocycles. The Hall–Kier alpha value is -1.90. The predicted molar refractivity (Wildman–Crippen MR) is 63.3 cm³/mol. The van der Waals surface area contributed by atoms with Crippen LogP contribution in [0.3, 0.4) is 0 Å². The summed E-state index contributed by atoms with van der Waals surface area (Å²) >= 11 is 0. The third-order valence-corrected chi connectivity index (χ3v) is 2.49. The van der Waals surface area contributed by atoms with Gasteiger partial charge in [0.15, 0.2) is 0 Å². The first-order valence-corrected chi connectivity index (χ1v) is 5.42. The molecule has 0 saturated heterocycles. The first kappa shape index (κ1) is 10.6. The number of hydrogen-bond donors (Lipinski definition) is 0. The Morgan fingerprint density at radius 1 is 1.25 bits per heavy atom. The fraction of sp³-hybridized carbons (Fsp3) is 0.231. The maximum absolute atomic E-state index is 10.6. The molecule has 2 rings (SSSR count). The van der Waals surface area contributed by atoms with Crippen molar-refractivity contribution in [2.75, 3.05) is 0 Å². The molecule has 0 N–H and O–H groups in total. The average Bonchev–Trinajstić information content (AvgIpc) is 2.78. The molecule has 1 aromatic heterocycles. The van der Waals surface area contributed by atoms with Gasteiger partial charge >= 0.3 is 0 Å². The van der Waals surface area contributed by atoms with E-state index in [0.717, 1.165) is 30.5 Å². The lowest BCUT2D eigenvalue weighted by atomic mass is 10.1. The average molecular weight is 214 g/mol. The topological polar surface area (TPSA) is 34.9 Å². The Morgan fingerprint density at radius 2 is 2.00 bits per heavy atom. The van der Waals surface area contributed by atoms with E-state index < -0.39 is 0 Å². The van der Waals surface area contributed by atoms with Gasteiger partial charge in [0.25, 0.3) is 0 Å². The zero-order chi connectivity index (χ0) is 11.4. The second kappa shape index (κ2) is 4.75. The number of carbonyl (C=O) groups is 1. The summed E-state index contributed by atoms with van der Waals surface area (Å²) in [5.41, 5.74) is 2.89. The molecule has 0 spiro atoms. The molecule has 82 valence electrons. The highest BCUT2D eigenvalue weighted by Gasteiger charge is 2.04. The van der Waals surface area contributed by atoms with E-state index in [1.165, 1.54) is 0 Å². The second-order valence-electron chi connectivity index (χ2n) is 3.68. The van der Waals surface area contributed by atoms with Gasteiger partial charge in [-0.25, -0.2) is 0 Å². The molecule has 2 aromatic rings. The summed E-state index contributed by atoms with van der Waals surface area (Å²) in [6.45, 7) is 3.04. The van der Waals surface area contributed by atoms with Crippen molar-refractivity contribution in [3.8, 4) is 11.3 Å². The van der Waals surface area contributed by atoms with Crippen molar-refractivity contribution in [1.29, 1.82) is 0 Å². The zero-order valence-corrected chi connectivity index (χ0v) is 9.26. The Morgan fingerprint density at radius 3 is 2.62 bits per heavy atom. The predicted octanol–water partition coefficient (Wildman–Crippen LogP) is 2.77. The summed E-state index contributed by atoms with van der Waals surface area (Å²) in [6.07, 6.45) is 3.72. The molecular weight excluding hydrogens is 200 g/mol. The first-order chi connectivity index (χ1) is 7.85. The molecule has 1 heterocycles. The number of aryl methyl sites for hydroxylation is 1. The third-order valence-electron chi connectivity index (χ3n) is 2.49. The highest BCUT2D eigenvalue weighted by atomic mass is 16.1. The van der Waals surface area contributed by atoms with E-state index in [2.05, 4.69) is 12.0 Å². The number of nitrogens with zero attached hydrogens (tertiary/aromatic N) is 2. The molecule has 1 aromatic carbocycles. The number of aromatic nitrogens is 2. The van der Waals surface area contributed by atoms with Crippen molar-refractivity contribution in [3.05, 3.63) is 42.1 Å². The van der Waals surface area contributed by atoms with E-state index >= 15 is 0 Å². The minimum atomic E-state index is 0.699. The molecule has 0 aliphatic rings. The van der Waals surface area contributed by atoms with Gasteiger partial charge in [0.2, 0.25) is 0 Å². The van der Waals surface area contributed by atoms with E-state index in [-0.39, 0.29) is 0 Å². The summed E-state index contributed by atoms with van der Waals surface area (Å²) in [6, 6.07) is 9.54. The first-order valence-electron chi connectivity index (χ1n) is 5.42. The van der Waals surface area contributed by atoms with Gasteiger partial charge in [0.1, 0.15) is 6.29 Å². The Labute approximate surface area is 94.7 Å². The lowest BCUT2D eigenvalue weighted by molar-refractivity contribution is 0.112. The smallest absolute Gasteiger partial charge is 0.150 e. The summed E-state index contributed by atoms with van der Waals surface area (Å²) in [7, 11) is 0. The molecule has 3 heteroatoms. The Kier molecular flexibility index (Phi) is 3.15. The normalized spacial score (nSPS) is 10.3. The minimum Gasteiger partial charge on any atom is -0.298 e. The molecule has 0 saturated carbocycles. The van der Waals surface area contributed by atoms with Crippen molar-refractivity contribution in [1.82, 2.24) is 9.78 Å². The molecule has 0 fully saturated rings. The van der Waals surface area contributed by atoms with Crippen LogP contribution in [0, 0.1) is 0 Å². The highest BCUT2D eigenvalue weighted by molar-refractivity contribution is 5.76. The Bertz CT molecular complexity index is 471. The molecule has 0 aliphatic heterocycles. The molecule has 0 atom stereocenters. The molecule has 0 unspecified atom stereocenters. The SMILES string of the molecule is CCCn1nccc1-c1ccc(C=O)cc1. The number of aldehydes is 1. The van der Waals surface area contributed by atoms with Gasteiger partial charge in [-0.2, -0.15) is 5.10 Å². The largest absolute Gasteiger partial charge is 0.298 e. The number of hydrogen-bond acceptors (Lipinski definition) is 2. The summed E-state index contributed by atoms with van der Waals surface area (Å²) in [4.78, 5) is 10.6. The fourth-order valence-electron chi connectivity index (χ4n) is 1.70. The Balaban J connectivity index is 2.34. The van der Waals surface area contributed by atoms with Crippen molar-refractivity contribution in [3.63, 3.8) is 0 Å². The van der Waals surface area contributed by atoms with Crippen LogP contribution in [0.15, 0.2) is 36.5 Å². The lowest BCUT2D eigenvalue weighted by Gasteiger charge is -2.05. The summed E-state index contributed by atoms with van der Waals surface area (Å²) in [5, 5.41) is 4.27. The van der Waals surface area contributed by atoms with Crippen LogP contribution < -0.4 is 0 Å². The van der Waals surface area contributed by atoms with Crippen LogP contribution in [0.2, 0.25) is 0 Å². The zero-order valence-electron chi connectivity index (χ0n) is 9.26. The van der Waals surface area contributed by atoms with E-state index in [4.69, 9.17) is 0 Å². The van der Waals surface area contributed by atoms with Gasteiger partial charge in [-0.15, -0.1) is 0 Å². The van der Waals surface area contributed by atoms with Crippen molar-refractivity contribution in [2.24, 2.45) is 0 Å². The van der Waals surface area contributed by atoms with Crippen LogP contribution in [0.25, 0.3) is 11.3 Å². The van der Waals surface area contributed by atoms with Crippen LogP contribution in [0.5, 0.6) is 0 Å². The van der Waals surface area contributed by atoms with Crippen molar-refractivity contribution >= 4 is 6.29 Å². The van der Waals surface area contributed by atoms with Gasteiger partial charge in [0.05, 0.1) is 5.69 Å². The van der Waals surface area contributed by atoms with Crippen LogP contribution in [-0.2, 0) is 6.54 Å². The van der Waals surface area contributed by atoms with Gasteiger partial charge in [0, 0.05) is 18.3 Å². The van der Waals surface area contributed by atoms with E-state index in [1.54, 1.807) is 6.20 Å². The minimum absolute atomic E-state index is 0.699. The molecule has 0 amide bonds. The van der Waals surface area contributed by atoms with Crippen molar-refractivity contribution < 1.29 is 4.79 Å². The van der Waals surface area contributed by atoms with E-state index in [9.17, 15) is 4.79 Å². The fourth-order valence-corrected chi connectivity index (χ4v) is 1.70. The van der Waals surface area contributed by atoms with Crippen LogP contribution in [-0.4, -0.2) is 16.1 Å². The van der Waals surface area contributed by atoms with Gasteiger partial charge < -0.3 is 0 Å². The highest BCUT2D eigenvalue weighted by Crippen LogP contribution is 2.19. The molecule has 0 radical (unpaired) electrons. The molecule has 3 nitrogen and oxygen atoms in total. The quantitative estimate of drug-likeness (QED) is 0.733. The lowest BCUT2D eigenvalue weighted by Crippen LogP contribution is -2.00.